The zero-order valence-electron chi connectivity index (χ0n) is 11.6. The van der Waals surface area contributed by atoms with Gasteiger partial charge in [-0.25, -0.2) is 4.39 Å². The van der Waals surface area contributed by atoms with Gasteiger partial charge in [-0.1, -0.05) is 23.7 Å². The van der Waals surface area contributed by atoms with Crippen LogP contribution in [0.1, 0.15) is 22.8 Å². The van der Waals surface area contributed by atoms with Crippen molar-refractivity contribution in [1.29, 1.82) is 0 Å². The minimum atomic E-state index is -0.432. The number of anilines is 1. The van der Waals surface area contributed by atoms with E-state index < -0.39 is 5.82 Å². The molecule has 2 N–H and O–H groups in total. The van der Waals surface area contributed by atoms with Gasteiger partial charge in [0, 0.05) is 24.3 Å². The molecular weight excluding hydrogens is 291 g/mol. The molecule has 2 rings (SSSR count). The Kier molecular flexibility index (Phi) is 5.17. The highest BCUT2D eigenvalue weighted by Gasteiger charge is 2.05. The van der Waals surface area contributed by atoms with Gasteiger partial charge in [-0.3, -0.25) is 4.79 Å². The average Bonchev–Trinajstić information content (AvgIpc) is 2.49. The molecule has 1 amide bonds. The number of benzene rings is 2. The molecule has 0 saturated heterocycles. The number of nitrogens with one attached hydrogen (secondary N) is 2. The van der Waals surface area contributed by atoms with Crippen LogP contribution in [0.25, 0.3) is 0 Å². The molecule has 0 spiro atoms. The first-order valence-corrected chi connectivity index (χ1v) is 7.04. The molecule has 5 heteroatoms. The Labute approximate surface area is 128 Å². The van der Waals surface area contributed by atoms with Gasteiger partial charge < -0.3 is 10.6 Å². The van der Waals surface area contributed by atoms with E-state index in [1.54, 1.807) is 24.3 Å². The normalized spacial score (nSPS) is 10.2. The number of halogens is 2. The van der Waals surface area contributed by atoms with E-state index in [2.05, 4.69) is 10.6 Å². The van der Waals surface area contributed by atoms with Crippen LogP contribution in [0.3, 0.4) is 0 Å². The van der Waals surface area contributed by atoms with E-state index in [0.29, 0.717) is 18.7 Å². The van der Waals surface area contributed by atoms with Gasteiger partial charge in [0.1, 0.15) is 5.82 Å². The van der Waals surface area contributed by atoms with Crippen molar-refractivity contribution in [3.8, 4) is 0 Å². The third-order valence-corrected chi connectivity index (χ3v) is 3.23. The van der Waals surface area contributed by atoms with Gasteiger partial charge >= 0.3 is 0 Å². The van der Waals surface area contributed by atoms with Crippen molar-refractivity contribution < 1.29 is 9.18 Å². The van der Waals surface area contributed by atoms with Gasteiger partial charge in [0.25, 0.3) is 5.91 Å². The fourth-order valence-corrected chi connectivity index (χ4v) is 2.09. The number of carbonyl (C=O) groups excluding carboxylic acids is 1. The van der Waals surface area contributed by atoms with Gasteiger partial charge in [-0.2, -0.15) is 0 Å². The molecule has 0 bridgehead atoms. The molecule has 2 aromatic rings. The summed E-state index contributed by atoms with van der Waals surface area (Å²) in [4.78, 5) is 11.8. The standard InChI is InChI=1S/C16H16ClFN2O/c1-2-19-16(21)12-4-3-5-13(9-12)20-10-11-6-7-15(18)14(17)8-11/h3-9,20H,2,10H2,1H3,(H,19,21). The van der Waals surface area contributed by atoms with Crippen LogP contribution in [0.2, 0.25) is 5.02 Å². The molecule has 0 heterocycles. The Morgan fingerprint density at radius 3 is 2.76 bits per heavy atom. The smallest absolute Gasteiger partial charge is 0.251 e. The van der Waals surface area contributed by atoms with Crippen molar-refractivity contribution in [2.45, 2.75) is 13.5 Å². The molecule has 0 aromatic heterocycles. The lowest BCUT2D eigenvalue weighted by Gasteiger charge is -2.09. The van der Waals surface area contributed by atoms with Crippen molar-refractivity contribution in [2.24, 2.45) is 0 Å². The SMILES string of the molecule is CCNC(=O)c1cccc(NCc2ccc(F)c(Cl)c2)c1. The summed E-state index contributed by atoms with van der Waals surface area (Å²) < 4.78 is 13.1. The van der Waals surface area contributed by atoms with Crippen molar-refractivity contribution in [1.82, 2.24) is 5.32 Å². The maximum atomic E-state index is 13.1. The van der Waals surface area contributed by atoms with E-state index >= 15 is 0 Å². The van der Waals surface area contributed by atoms with Crippen LogP contribution in [0.4, 0.5) is 10.1 Å². The summed E-state index contributed by atoms with van der Waals surface area (Å²) in [5.74, 6) is -0.537. The summed E-state index contributed by atoms with van der Waals surface area (Å²) >= 11 is 5.74. The number of hydrogen-bond donors (Lipinski definition) is 2. The van der Waals surface area contributed by atoms with Crippen LogP contribution < -0.4 is 10.6 Å². The Morgan fingerprint density at radius 1 is 1.24 bits per heavy atom. The zero-order chi connectivity index (χ0) is 15.2. The van der Waals surface area contributed by atoms with Gasteiger partial charge in [0.2, 0.25) is 0 Å². The minimum Gasteiger partial charge on any atom is -0.381 e. The Bertz CT molecular complexity index is 646. The molecule has 3 nitrogen and oxygen atoms in total. The Hall–Kier alpha value is -2.07. The highest BCUT2D eigenvalue weighted by molar-refractivity contribution is 6.30. The van der Waals surface area contributed by atoms with E-state index in [0.717, 1.165) is 11.3 Å². The summed E-state index contributed by atoms with van der Waals surface area (Å²) in [6, 6.07) is 11.8. The van der Waals surface area contributed by atoms with Crippen LogP contribution >= 0.6 is 11.6 Å². The van der Waals surface area contributed by atoms with Gasteiger partial charge in [0.15, 0.2) is 0 Å². The average molecular weight is 307 g/mol. The highest BCUT2D eigenvalue weighted by atomic mass is 35.5. The molecule has 0 radical (unpaired) electrons. The maximum absolute atomic E-state index is 13.1. The first-order chi connectivity index (χ1) is 10.1. The summed E-state index contributed by atoms with van der Waals surface area (Å²) in [5, 5.41) is 6.04. The van der Waals surface area contributed by atoms with Gasteiger partial charge in [0.05, 0.1) is 5.02 Å². The molecule has 0 aliphatic carbocycles. The van der Waals surface area contributed by atoms with E-state index in [1.807, 2.05) is 19.1 Å². The van der Waals surface area contributed by atoms with Crippen LogP contribution in [0.15, 0.2) is 42.5 Å². The molecule has 0 saturated carbocycles. The molecule has 21 heavy (non-hydrogen) atoms. The lowest BCUT2D eigenvalue weighted by atomic mass is 10.1. The van der Waals surface area contributed by atoms with Crippen molar-refractivity contribution >= 4 is 23.2 Å². The predicted molar refractivity (Wildman–Crippen MR) is 83.2 cm³/mol. The zero-order valence-corrected chi connectivity index (χ0v) is 12.4. The van der Waals surface area contributed by atoms with Gasteiger partial charge in [-0.05, 0) is 42.8 Å². The molecule has 2 aromatic carbocycles. The van der Waals surface area contributed by atoms with Crippen molar-refractivity contribution in [2.75, 3.05) is 11.9 Å². The quantitative estimate of drug-likeness (QED) is 0.881. The van der Waals surface area contributed by atoms with Crippen molar-refractivity contribution in [3.05, 3.63) is 64.4 Å². The van der Waals surface area contributed by atoms with E-state index in [4.69, 9.17) is 11.6 Å². The minimum absolute atomic E-state index is 0.102. The lowest BCUT2D eigenvalue weighted by molar-refractivity contribution is 0.0956. The molecule has 0 atom stereocenters. The molecule has 0 aliphatic heterocycles. The maximum Gasteiger partial charge on any atom is 0.251 e. The van der Waals surface area contributed by atoms with E-state index in [9.17, 15) is 9.18 Å². The third-order valence-electron chi connectivity index (χ3n) is 2.94. The molecular formula is C16H16ClFN2O. The summed E-state index contributed by atoms with van der Waals surface area (Å²) in [7, 11) is 0. The van der Waals surface area contributed by atoms with Crippen LogP contribution in [0, 0.1) is 5.82 Å². The Morgan fingerprint density at radius 2 is 2.05 bits per heavy atom. The van der Waals surface area contributed by atoms with Gasteiger partial charge in [-0.15, -0.1) is 0 Å². The fraction of sp³-hybridized carbons (Fsp3) is 0.188. The summed E-state index contributed by atoms with van der Waals surface area (Å²) in [6.45, 7) is 2.96. The van der Waals surface area contributed by atoms with Crippen LogP contribution in [0.5, 0.6) is 0 Å². The number of hydrogen-bond acceptors (Lipinski definition) is 2. The number of amides is 1. The number of rotatable bonds is 5. The molecule has 0 aliphatic rings. The first kappa shape index (κ1) is 15.3. The second-order valence-electron chi connectivity index (χ2n) is 4.54. The second-order valence-corrected chi connectivity index (χ2v) is 4.95. The fourth-order valence-electron chi connectivity index (χ4n) is 1.89. The van der Waals surface area contributed by atoms with Crippen LogP contribution in [-0.4, -0.2) is 12.5 Å². The largest absolute Gasteiger partial charge is 0.381 e. The first-order valence-electron chi connectivity index (χ1n) is 6.66. The molecule has 110 valence electrons. The second kappa shape index (κ2) is 7.09. The third kappa shape index (κ3) is 4.20. The van der Waals surface area contributed by atoms with Crippen molar-refractivity contribution in [3.63, 3.8) is 0 Å². The topological polar surface area (TPSA) is 41.1 Å². The monoisotopic (exact) mass is 306 g/mol. The number of carbonyl (C=O) groups is 1. The van der Waals surface area contributed by atoms with E-state index in [1.165, 1.54) is 6.07 Å². The predicted octanol–water partition coefficient (Wildman–Crippen LogP) is 3.84. The molecule has 0 fully saturated rings. The van der Waals surface area contributed by atoms with Crippen LogP contribution in [-0.2, 0) is 6.54 Å². The summed E-state index contributed by atoms with van der Waals surface area (Å²) in [5.41, 5.74) is 2.28. The summed E-state index contributed by atoms with van der Waals surface area (Å²) in [6.07, 6.45) is 0. The molecule has 0 unspecified atom stereocenters. The lowest BCUT2D eigenvalue weighted by Crippen LogP contribution is -2.22. The van der Waals surface area contributed by atoms with E-state index in [-0.39, 0.29) is 10.9 Å². The highest BCUT2D eigenvalue weighted by Crippen LogP contribution is 2.17. The Balaban J connectivity index is 2.04.